The summed E-state index contributed by atoms with van der Waals surface area (Å²) in [5.41, 5.74) is 4.53. The zero-order chi connectivity index (χ0) is 24.6. The largest absolute Gasteiger partial charge is 0.513 e. The van der Waals surface area contributed by atoms with Crippen molar-refractivity contribution in [2.45, 2.75) is 12.8 Å². The third-order valence-corrected chi connectivity index (χ3v) is 5.75. The van der Waals surface area contributed by atoms with Crippen molar-refractivity contribution in [2.75, 3.05) is 6.54 Å². The number of ether oxygens (including phenoxy) is 1. The second-order valence-corrected chi connectivity index (χ2v) is 8.63. The van der Waals surface area contributed by atoms with Gasteiger partial charge in [-0.2, -0.15) is 0 Å². The molecule has 0 atom stereocenters. The Balaban J connectivity index is 1.43. The molecule has 0 unspecified atom stereocenters. The van der Waals surface area contributed by atoms with Gasteiger partial charge in [0.05, 0.1) is 5.76 Å². The van der Waals surface area contributed by atoms with Crippen LogP contribution in [0.1, 0.15) is 21.5 Å². The summed E-state index contributed by atoms with van der Waals surface area (Å²) in [6.45, 7) is 4.12. The molecule has 0 bridgehead atoms. The maximum atomic E-state index is 12.5. The van der Waals surface area contributed by atoms with E-state index in [1.54, 1.807) is 24.3 Å². The third kappa shape index (κ3) is 6.75. The van der Waals surface area contributed by atoms with E-state index in [2.05, 4.69) is 11.9 Å². The highest BCUT2D eigenvalue weighted by molar-refractivity contribution is 6.30. The van der Waals surface area contributed by atoms with Crippen LogP contribution in [-0.4, -0.2) is 17.6 Å². The molecule has 35 heavy (non-hydrogen) atoms. The van der Waals surface area contributed by atoms with Crippen LogP contribution in [0.2, 0.25) is 5.02 Å². The summed E-state index contributed by atoms with van der Waals surface area (Å²) < 4.78 is 6.18. The van der Waals surface area contributed by atoms with Crippen molar-refractivity contribution in [1.82, 2.24) is 5.32 Å². The number of allylic oxidation sites excluding steroid dienone is 1. The third-order valence-electron chi connectivity index (χ3n) is 5.49. The normalized spacial score (nSPS) is 10.5. The number of hydrogen-bond donors (Lipinski definition) is 2. The molecule has 1 amide bonds. The van der Waals surface area contributed by atoms with E-state index < -0.39 is 0 Å². The minimum atomic E-state index is -0.135. The van der Waals surface area contributed by atoms with Gasteiger partial charge in [0.1, 0.15) is 11.5 Å². The van der Waals surface area contributed by atoms with Gasteiger partial charge in [-0.1, -0.05) is 66.7 Å². The van der Waals surface area contributed by atoms with Crippen LogP contribution in [-0.2, 0) is 12.8 Å². The highest BCUT2D eigenvalue weighted by Gasteiger charge is 2.11. The zero-order valence-corrected chi connectivity index (χ0v) is 20.0. The Kier molecular flexibility index (Phi) is 7.86. The second-order valence-electron chi connectivity index (χ2n) is 8.20. The molecule has 4 aromatic carbocycles. The molecule has 176 valence electrons. The molecule has 0 saturated carbocycles. The fraction of sp³-hybridized carbons (Fsp3) is 0.100. The highest BCUT2D eigenvalue weighted by atomic mass is 35.5. The van der Waals surface area contributed by atoms with Gasteiger partial charge in [-0.05, 0) is 71.6 Å². The summed E-state index contributed by atoms with van der Waals surface area (Å²) in [7, 11) is 0. The van der Waals surface area contributed by atoms with Gasteiger partial charge in [0.2, 0.25) is 0 Å². The molecule has 4 rings (SSSR count). The van der Waals surface area contributed by atoms with Crippen LogP contribution >= 0.6 is 11.6 Å². The van der Waals surface area contributed by atoms with Gasteiger partial charge in [0.25, 0.3) is 5.91 Å². The SMILES string of the molecule is C=C(O)Cc1ccc(Oc2ccc(C(=O)NCCc3ccc(Cl)cc3)cc2)c(-c2ccccc2)c1. The van der Waals surface area contributed by atoms with Crippen molar-refractivity contribution >= 4 is 17.5 Å². The van der Waals surface area contributed by atoms with Gasteiger partial charge in [0.15, 0.2) is 0 Å². The van der Waals surface area contributed by atoms with Crippen molar-refractivity contribution < 1.29 is 14.6 Å². The smallest absolute Gasteiger partial charge is 0.251 e. The number of hydrogen-bond acceptors (Lipinski definition) is 3. The van der Waals surface area contributed by atoms with Gasteiger partial charge in [-0.3, -0.25) is 4.79 Å². The summed E-state index contributed by atoms with van der Waals surface area (Å²) in [6, 6.07) is 30.4. The Labute approximate surface area is 210 Å². The van der Waals surface area contributed by atoms with Gasteiger partial charge >= 0.3 is 0 Å². The fourth-order valence-corrected chi connectivity index (χ4v) is 3.86. The maximum Gasteiger partial charge on any atom is 0.251 e. The topological polar surface area (TPSA) is 58.6 Å². The Morgan fingerprint density at radius 1 is 0.886 bits per heavy atom. The van der Waals surface area contributed by atoms with E-state index in [0.717, 1.165) is 28.7 Å². The molecule has 0 radical (unpaired) electrons. The first kappa shape index (κ1) is 24.1. The van der Waals surface area contributed by atoms with Crippen molar-refractivity contribution in [1.29, 1.82) is 0 Å². The minimum Gasteiger partial charge on any atom is -0.513 e. The van der Waals surface area contributed by atoms with Gasteiger partial charge in [-0.25, -0.2) is 0 Å². The highest BCUT2D eigenvalue weighted by Crippen LogP contribution is 2.34. The zero-order valence-electron chi connectivity index (χ0n) is 19.2. The number of carbonyl (C=O) groups excluding carboxylic acids is 1. The van der Waals surface area contributed by atoms with Crippen LogP contribution in [0.4, 0.5) is 0 Å². The first-order valence-corrected chi connectivity index (χ1v) is 11.7. The molecule has 0 spiro atoms. The Bertz CT molecular complexity index is 1300. The Morgan fingerprint density at radius 2 is 1.57 bits per heavy atom. The number of rotatable bonds is 9. The quantitative estimate of drug-likeness (QED) is 0.244. The lowest BCUT2D eigenvalue weighted by Crippen LogP contribution is -2.25. The van der Waals surface area contributed by atoms with Gasteiger partial charge in [-0.15, -0.1) is 0 Å². The van der Waals surface area contributed by atoms with E-state index in [1.807, 2.05) is 72.8 Å². The number of halogens is 1. The number of benzene rings is 4. The van der Waals surface area contributed by atoms with Crippen molar-refractivity contribution in [3.63, 3.8) is 0 Å². The molecule has 4 aromatic rings. The average molecular weight is 484 g/mol. The Morgan fingerprint density at radius 3 is 2.26 bits per heavy atom. The van der Waals surface area contributed by atoms with E-state index in [-0.39, 0.29) is 11.7 Å². The van der Waals surface area contributed by atoms with Crippen LogP contribution in [0, 0.1) is 0 Å². The van der Waals surface area contributed by atoms with E-state index in [1.165, 1.54) is 0 Å². The van der Waals surface area contributed by atoms with Crippen LogP contribution in [0.5, 0.6) is 11.5 Å². The summed E-state index contributed by atoms with van der Waals surface area (Å²) in [4.78, 5) is 12.5. The Hall–Kier alpha value is -4.02. The molecule has 0 aliphatic heterocycles. The van der Waals surface area contributed by atoms with E-state index in [9.17, 15) is 9.90 Å². The van der Waals surface area contributed by atoms with Crippen molar-refractivity contribution in [3.8, 4) is 22.6 Å². The number of aliphatic hydroxyl groups excluding tert-OH is 1. The average Bonchev–Trinajstić information content (AvgIpc) is 2.87. The van der Waals surface area contributed by atoms with Crippen molar-refractivity contribution in [2.24, 2.45) is 0 Å². The lowest BCUT2D eigenvalue weighted by atomic mass is 10.00. The molecule has 0 aromatic heterocycles. The summed E-state index contributed by atoms with van der Waals surface area (Å²) >= 11 is 5.91. The summed E-state index contributed by atoms with van der Waals surface area (Å²) in [5.74, 6) is 1.28. The number of carbonyl (C=O) groups is 1. The van der Waals surface area contributed by atoms with E-state index in [0.29, 0.717) is 35.1 Å². The van der Waals surface area contributed by atoms with E-state index >= 15 is 0 Å². The molecular formula is C30H26ClNO3. The van der Waals surface area contributed by atoms with Gasteiger partial charge < -0.3 is 15.2 Å². The van der Waals surface area contributed by atoms with Crippen molar-refractivity contribution in [3.05, 3.63) is 131 Å². The van der Waals surface area contributed by atoms with E-state index in [4.69, 9.17) is 16.3 Å². The lowest BCUT2D eigenvalue weighted by Gasteiger charge is -2.14. The van der Waals surface area contributed by atoms with Crippen LogP contribution < -0.4 is 10.1 Å². The first-order valence-electron chi connectivity index (χ1n) is 11.3. The second kappa shape index (κ2) is 11.4. The standard InChI is InChI=1S/C30H26ClNO3/c1-21(33)19-23-9-16-29(28(20-23)24-5-3-2-4-6-24)35-27-14-10-25(11-15-27)30(34)32-18-17-22-7-12-26(31)13-8-22/h2-16,20,33H,1,17-19H2,(H,32,34). The summed E-state index contributed by atoms with van der Waals surface area (Å²) in [6.07, 6.45) is 1.11. The molecule has 5 heteroatoms. The monoisotopic (exact) mass is 483 g/mol. The lowest BCUT2D eigenvalue weighted by molar-refractivity contribution is 0.0954. The number of nitrogens with one attached hydrogen (secondary N) is 1. The minimum absolute atomic E-state index is 0.111. The predicted molar refractivity (Wildman–Crippen MR) is 141 cm³/mol. The molecule has 0 saturated heterocycles. The molecule has 2 N–H and O–H groups in total. The number of aliphatic hydroxyl groups is 1. The fourth-order valence-electron chi connectivity index (χ4n) is 3.73. The molecule has 4 nitrogen and oxygen atoms in total. The van der Waals surface area contributed by atoms with Crippen LogP contribution in [0.3, 0.4) is 0 Å². The molecular weight excluding hydrogens is 458 g/mol. The van der Waals surface area contributed by atoms with Crippen LogP contribution in [0.25, 0.3) is 11.1 Å². The predicted octanol–water partition coefficient (Wildman–Crippen LogP) is 7.39. The molecule has 0 aliphatic carbocycles. The first-order chi connectivity index (χ1) is 17.0. The molecule has 0 fully saturated rings. The molecule has 0 aliphatic rings. The summed E-state index contributed by atoms with van der Waals surface area (Å²) in [5, 5.41) is 13.2. The maximum absolute atomic E-state index is 12.5. The van der Waals surface area contributed by atoms with Gasteiger partial charge in [0, 0.05) is 29.1 Å². The molecule has 0 heterocycles. The number of amides is 1. The van der Waals surface area contributed by atoms with Crippen LogP contribution in [0.15, 0.2) is 109 Å².